The molecule has 2 fully saturated rings. The summed E-state index contributed by atoms with van der Waals surface area (Å²) in [4.78, 5) is 24.9. The Kier molecular flexibility index (Phi) is 5.45. The van der Waals surface area contributed by atoms with Gasteiger partial charge in [0.2, 0.25) is 5.91 Å². The van der Waals surface area contributed by atoms with Gasteiger partial charge in [0.25, 0.3) is 0 Å². The van der Waals surface area contributed by atoms with Crippen molar-refractivity contribution in [1.29, 1.82) is 0 Å². The predicted octanol–water partition coefficient (Wildman–Crippen LogP) is 4.05. The summed E-state index contributed by atoms with van der Waals surface area (Å²) in [5.41, 5.74) is 1.04. The van der Waals surface area contributed by atoms with Crippen LogP contribution in [0.2, 0.25) is 0 Å². The number of hydrogen-bond donors (Lipinski definition) is 1. The zero-order valence-corrected chi connectivity index (χ0v) is 15.5. The smallest absolute Gasteiger partial charge is 0.223 e. The topological polar surface area (TPSA) is 55.4 Å². The quantitative estimate of drug-likeness (QED) is 0.877. The highest BCUT2D eigenvalue weighted by atomic mass is 16.5. The lowest BCUT2D eigenvalue weighted by atomic mass is 9.67. The maximum atomic E-state index is 12.7. The molecule has 3 rings (SSSR count). The second-order valence-electron chi connectivity index (χ2n) is 7.86. The minimum Gasteiger partial charge on any atom is -0.491 e. The molecule has 0 heterocycles. The molecule has 2 aliphatic carbocycles. The van der Waals surface area contributed by atoms with Gasteiger partial charge in [-0.1, -0.05) is 18.6 Å². The highest BCUT2D eigenvalue weighted by Gasteiger charge is 2.41. The molecule has 0 aliphatic heterocycles. The zero-order chi connectivity index (χ0) is 18.0. The van der Waals surface area contributed by atoms with Gasteiger partial charge in [0.1, 0.15) is 11.5 Å². The Morgan fingerprint density at radius 2 is 1.84 bits per heavy atom. The number of nitrogens with one attached hydrogen (secondary N) is 1. The van der Waals surface area contributed by atoms with Gasteiger partial charge in [0, 0.05) is 17.8 Å². The molecule has 4 heteroatoms. The molecule has 1 amide bonds. The van der Waals surface area contributed by atoms with Crippen molar-refractivity contribution in [2.24, 2.45) is 17.8 Å². The highest BCUT2D eigenvalue weighted by Crippen LogP contribution is 2.40. The van der Waals surface area contributed by atoms with Crippen molar-refractivity contribution in [2.75, 3.05) is 0 Å². The molecule has 4 nitrogen and oxygen atoms in total. The number of hydrogen-bond acceptors (Lipinski definition) is 3. The number of ketones is 1. The fourth-order valence-corrected chi connectivity index (χ4v) is 4.24. The molecule has 2 saturated carbocycles. The monoisotopic (exact) mass is 343 g/mol. The first kappa shape index (κ1) is 18.0. The van der Waals surface area contributed by atoms with E-state index in [1.165, 1.54) is 0 Å². The lowest BCUT2D eigenvalue weighted by Crippen LogP contribution is -2.43. The number of fused-ring (bicyclic) bond motifs is 2. The van der Waals surface area contributed by atoms with Crippen LogP contribution < -0.4 is 10.1 Å². The summed E-state index contributed by atoms with van der Waals surface area (Å²) in [5.74, 6) is 1.52. The van der Waals surface area contributed by atoms with E-state index in [1.54, 1.807) is 0 Å². The largest absolute Gasteiger partial charge is 0.491 e. The van der Waals surface area contributed by atoms with Crippen LogP contribution in [0.3, 0.4) is 0 Å². The first-order valence-corrected chi connectivity index (χ1v) is 9.54. The molecule has 0 radical (unpaired) electrons. The second-order valence-corrected chi connectivity index (χ2v) is 7.86. The van der Waals surface area contributed by atoms with E-state index < -0.39 is 0 Å². The van der Waals surface area contributed by atoms with Crippen molar-refractivity contribution >= 4 is 11.7 Å². The number of amides is 1. The molecule has 1 aromatic carbocycles. The first-order chi connectivity index (χ1) is 11.9. The van der Waals surface area contributed by atoms with E-state index in [-0.39, 0.29) is 35.8 Å². The van der Waals surface area contributed by atoms with E-state index in [4.69, 9.17) is 4.74 Å². The van der Waals surface area contributed by atoms with Crippen LogP contribution in [0.15, 0.2) is 24.3 Å². The minimum absolute atomic E-state index is 0.0226. The van der Waals surface area contributed by atoms with Gasteiger partial charge in [-0.05, 0) is 64.2 Å². The van der Waals surface area contributed by atoms with E-state index >= 15 is 0 Å². The second kappa shape index (κ2) is 7.59. The lowest BCUT2D eigenvalue weighted by molar-refractivity contribution is -0.137. The molecule has 136 valence electrons. The Morgan fingerprint density at radius 3 is 2.48 bits per heavy atom. The summed E-state index contributed by atoms with van der Waals surface area (Å²) < 4.78 is 5.74. The lowest BCUT2D eigenvalue weighted by Gasteiger charge is -2.37. The van der Waals surface area contributed by atoms with Crippen molar-refractivity contribution in [3.05, 3.63) is 29.8 Å². The Labute approximate surface area is 150 Å². The van der Waals surface area contributed by atoms with Gasteiger partial charge in [-0.15, -0.1) is 0 Å². The summed E-state index contributed by atoms with van der Waals surface area (Å²) in [7, 11) is 0. The zero-order valence-electron chi connectivity index (χ0n) is 15.5. The van der Waals surface area contributed by atoms with Crippen molar-refractivity contribution in [2.45, 2.75) is 65.0 Å². The van der Waals surface area contributed by atoms with Crippen molar-refractivity contribution in [1.82, 2.24) is 5.32 Å². The summed E-state index contributed by atoms with van der Waals surface area (Å²) >= 11 is 0. The fraction of sp³-hybridized carbons (Fsp3) is 0.619. The standard InChI is InChI=1S/C21H29NO3/c1-13(2)25-19-9-5-6-15(12-19)14(3)22-21(24)18-10-16-7-4-8-17(11-18)20(16)23/h5-6,9,12-14,16-18H,4,7-8,10-11H2,1-3H3,(H,22,24)/t14-,16-,17+,18?/m1/s1. The van der Waals surface area contributed by atoms with Crippen LogP contribution in [0, 0.1) is 17.8 Å². The number of carbonyl (C=O) groups is 2. The third-order valence-corrected chi connectivity index (χ3v) is 5.51. The van der Waals surface area contributed by atoms with Crippen molar-refractivity contribution < 1.29 is 14.3 Å². The number of benzene rings is 1. The molecule has 2 aliphatic rings. The summed E-state index contributed by atoms with van der Waals surface area (Å²) in [6, 6.07) is 7.83. The Balaban J connectivity index is 1.62. The Morgan fingerprint density at radius 1 is 1.16 bits per heavy atom. The molecule has 1 N–H and O–H groups in total. The van der Waals surface area contributed by atoms with Crippen LogP contribution in [0.25, 0.3) is 0 Å². The average molecular weight is 343 g/mol. The number of carbonyl (C=O) groups excluding carboxylic acids is 2. The van der Waals surface area contributed by atoms with Gasteiger partial charge in [0.05, 0.1) is 12.1 Å². The molecular formula is C21H29NO3. The molecule has 0 aromatic heterocycles. The first-order valence-electron chi connectivity index (χ1n) is 9.54. The molecule has 4 atom stereocenters. The van der Waals surface area contributed by atoms with Gasteiger partial charge in [-0.3, -0.25) is 9.59 Å². The van der Waals surface area contributed by atoms with Crippen molar-refractivity contribution in [3.8, 4) is 5.75 Å². The average Bonchev–Trinajstić information content (AvgIpc) is 2.54. The predicted molar refractivity (Wildman–Crippen MR) is 97.3 cm³/mol. The maximum absolute atomic E-state index is 12.7. The molecule has 1 unspecified atom stereocenters. The van der Waals surface area contributed by atoms with Crippen LogP contribution in [0.1, 0.15) is 64.5 Å². The van der Waals surface area contributed by atoms with Crippen LogP contribution in [-0.4, -0.2) is 17.8 Å². The van der Waals surface area contributed by atoms with Crippen LogP contribution in [0.5, 0.6) is 5.75 Å². The Hall–Kier alpha value is -1.84. The van der Waals surface area contributed by atoms with E-state index in [0.29, 0.717) is 5.78 Å². The maximum Gasteiger partial charge on any atom is 0.223 e. The van der Waals surface area contributed by atoms with E-state index in [2.05, 4.69) is 5.32 Å². The van der Waals surface area contributed by atoms with Gasteiger partial charge in [-0.2, -0.15) is 0 Å². The molecular weight excluding hydrogens is 314 g/mol. The number of rotatable bonds is 5. The Bertz CT molecular complexity index is 624. The third-order valence-electron chi connectivity index (χ3n) is 5.51. The highest BCUT2D eigenvalue weighted by molar-refractivity contribution is 5.88. The van der Waals surface area contributed by atoms with E-state index in [9.17, 15) is 9.59 Å². The minimum atomic E-state index is -0.0688. The van der Waals surface area contributed by atoms with Crippen LogP contribution >= 0.6 is 0 Å². The normalized spacial score (nSPS) is 27.0. The fourth-order valence-electron chi connectivity index (χ4n) is 4.24. The SMILES string of the molecule is CC(C)Oc1cccc([C@@H](C)NC(=O)C2C[C@H]3CCC[C@@H](C2)C3=O)c1. The summed E-state index contributed by atoms with van der Waals surface area (Å²) in [5, 5.41) is 3.14. The molecule has 0 spiro atoms. The van der Waals surface area contributed by atoms with Gasteiger partial charge < -0.3 is 10.1 Å². The van der Waals surface area contributed by atoms with Gasteiger partial charge in [0.15, 0.2) is 0 Å². The van der Waals surface area contributed by atoms with Gasteiger partial charge in [-0.25, -0.2) is 0 Å². The van der Waals surface area contributed by atoms with Crippen LogP contribution in [-0.2, 0) is 9.59 Å². The summed E-state index contributed by atoms with van der Waals surface area (Å²) in [6.07, 6.45) is 4.63. The van der Waals surface area contributed by atoms with Crippen LogP contribution in [0.4, 0.5) is 0 Å². The summed E-state index contributed by atoms with van der Waals surface area (Å²) in [6.45, 7) is 6.00. The number of Topliss-reactive ketones (excluding diaryl/α,β-unsaturated/α-hetero) is 1. The molecule has 25 heavy (non-hydrogen) atoms. The number of ether oxygens (including phenoxy) is 1. The molecule has 0 saturated heterocycles. The van der Waals surface area contributed by atoms with E-state index in [0.717, 1.165) is 43.4 Å². The third kappa shape index (κ3) is 4.23. The molecule has 2 bridgehead atoms. The van der Waals surface area contributed by atoms with Gasteiger partial charge >= 0.3 is 0 Å². The van der Waals surface area contributed by atoms with Crippen molar-refractivity contribution in [3.63, 3.8) is 0 Å². The van der Waals surface area contributed by atoms with E-state index in [1.807, 2.05) is 45.0 Å². The molecule has 1 aromatic rings.